The van der Waals surface area contributed by atoms with Crippen LogP contribution in [0, 0.1) is 0 Å². The number of nitrogens with zero attached hydrogens (tertiary/aromatic N) is 1. The van der Waals surface area contributed by atoms with Crippen LogP contribution < -0.4 is 0 Å². The molecule has 0 saturated heterocycles. The summed E-state index contributed by atoms with van der Waals surface area (Å²) in [6.07, 6.45) is -5.20. The molecule has 1 N–H and O–H groups in total. The van der Waals surface area contributed by atoms with Crippen molar-refractivity contribution in [3.63, 3.8) is 0 Å². The second kappa shape index (κ2) is 10.7. The molecule has 2 rings (SSSR count). The van der Waals surface area contributed by atoms with E-state index in [0.29, 0.717) is 5.56 Å². The number of rotatable bonds is 8. The van der Waals surface area contributed by atoms with E-state index in [0.717, 1.165) is 16.7 Å². The van der Waals surface area contributed by atoms with Crippen LogP contribution in [-0.4, -0.2) is 47.9 Å². The molecule has 0 aliphatic heterocycles. The van der Waals surface area contributed by atoms with E-state index in [1.165, 1.54) is 23.9 Å². The Morgan fingerprint density at radius 2 is 1.48 bits per heavy atom. The molecule has 0 radical (unpaired) electrons. The Balaban J connectivity index is 1.99. The lowest BCUT2D eigenvalue weighted by Crippen LogP contribution is -2.24. The normalized spacial score (nSPS) is 11.7. The van der Waals surface area contributed by atoms with Gasteiger partial charge in [0.2, 0.25) is 5.78 Å². The highest BCUT2D eigenvalue weighted by atomic mass is 32.2. The first kappa shape index (κ1) is 24.1. The van der Waals surface area contributed by atoms with Crippen LogP contribution in [0.1, 0.15) is 27.6 Å². The molecule has 0 aliphatic rings. The number of ketones is 1. The van der Waals surface area contributed by atoms with Crippen molar-refractivity contribution in [2.75, 3.05) is 13.2 Å². The Morgan fingerprint density at radius 3 is 1.97 bits per heavy atom. The summed E-state index contributed by atoms with van der Waals surface area (Å²) in [4.78, 5) is 39.8. The van der Waals surface area contributed by atoms with Crippen molar-refractivity contribution in [3.8, 4) is 0 Å². The van der Waals surface area contributed by atoms with Crippen LogP contribution in [0.3, 0.4) is 0 Å². The number of hydrogen-bond acceptors (Lipinski definition) is 8. The topological polar surface area (TPSA) is 102 Å². The monoisotopic (exact) mass is 455 g/mol. The van der Waals surface area contributed by atoms with Gasteiger partial charge in [0.25, 0.3) is 0 Å². The maximum Gasteiger partial charge on any atom is 0.493 e. The molecule has 0 saturated carbocycles. The molecule has 0 aromatic heterocycles. The summed E-state index contributed by atoms with van der Waals surface area (Å²) >= 11 is 1.34. The Morgan fingerprint density at radius 1 is 0.968 bits per heavy atom. The Bertz CT molecular complexity index is 972. The average Bonchev–Trinajstić information content (AvgIpc) is 2.75. The summed E-state index contributed by atoms with van der Waals surface area (Å²) in [5.41, 5.74) is 0.0667. The van der Waals surface area contributed by atoms with Crippen LogP contribution in [0.15, 0.2) is 63.5 Å². The first-order valence-electron chi connectivity index (χ1n) is 8.65. The minimum absolute atomic E-state index is 0.0879. The van der Waals surface area contributed by atoms with Crippen molar-refractivity contribution < 1.29 is 42.2 Å². The molecule has 0 bridgehead atoms. The Labute approximate surface area is 178 Å². The lowest BCUT2D eigenvalue weighted by atomic mass is 10.1. The number of carbonyl (C=O) groups excluding carboxylic acids is 3. The molecule has 0 atom stereocenters. The van der Waals surface area contributed by atoms with Crippen LogP contribution in [-0.2, 0) is 14.4 Å². The predicted molar refractivity (Wildman–Crippen MR) is 104 cm³/mol. The smallest absolute Gasteiger partial charge is 0.460 e. The fourth-order valence-corrected chi connectivity index (χ4v) is 2.92. The van der Waals surface area contributed by atoms with Crippen molar-refractivity contribution in [3.05, 3.63) is 59.7 Å². The molecule has 11 heteroatoms. The third-order valence-corrected chi connectivity index (χ3v) is 4.61. The summed E-state index contributed by atoms with van der Waals surface area (Å²) in [6, 6.07) is 12.7. The summed E-state index contributed by atoms with van der Waals surface area (Å²) in [5, 5.41) is 11.6. The van der Waals surface area contributed by atoms with Gasteiger partial charge in [-0.05, 0) is 55.5 Å². The van der Waals surface area contributed by atoms with Crippen molar-refractivity contribution in [2.45, 2.75) is 22.9 Å². The number of benzene rings is 2. The standard InChI is InChI=1S/C20H16F3NO6S/c1-12(24-30-19(28)20(21,22)23)17(26)13-2-6-15(7-3-13)31-16-8-4-14(5-9-16)18(27)29-11-10-25/h2-9,25H,10-11H2,1H3/b24-12+. The second-order valence-corrected chi connectivity index (χ2v) is 7.04. The van der Waals surface area contributed by atoms with Gasteiger partial charge in [-0.25, -0.2) is 9.59 Å². The van der Waals surface area contributed by atoms with Gasteiger partial charge in [0.15, 0.2) is 0 Å². The largest absolute Gasteiger partial charge is 0.493 e. The van der Waals surface area contributed by atoms with Gasteiger partial charge in [-0.1, -0.05) is 16.9 Å². The van der Waals surface area contributed by atoms with Gasteiger partial charge in [-0.3, -0.25) is 4.79 Å². The molecule has 0 fully saturated rings. The van der Waals surface area contributed by atoms with E-state index in [2.05, 4.69) is 9.99 Å². The SMILES string of the molecule is C/C(=N\OC(=O)C(F)(F)F)C(=O)c1ccc(Sc2ccc(C(=O)OCCO)cc2)cc1. The lowest BCUT2D eigenvalue weighted by molar-refractivity contribution is -0.199. The molecule has 0 heterocycles. The van der Waals surface area contributed by atoms with Crippen LogP contribution >= 0.6 is 11.8 Å². The van der Waals surface area contributed by atoms with Crippen molar-refractivity contribution in [1.82, 2.24) is 0 Å². The van der Waals surface area contributed by atoms with Gasteiger partial charge < -0.3 is 14.7 Å². The molecule has 0 amide bonds. The highest BCUT2D eigenvalue weighted by Crippen LogP contribution is 2.28. The Kier molecular flexibility index (Phi) is 8.34. The van der Waals surface area contributed by atoms with Gasteiger partial charge in [-0.15, -0.1) is 0 Å². The van der Waals surface area contributed by atoms with Gasteiger partial charge >= 0.3 is 18.1 Å². The van der Waals surface area contributed by atoms with E-state index in [1.54, 1.807) is 36.4 Å². The number of oxime groups is 1. The first-order chi connectivity index (χ1) is 14.6. The Hall–Kier alpha value is -3.18. The van der Waals surface area contributed by atoms with Crippen molar-refractivity contribution in [1.29, 1.82) is 0 Å². The van der Waals surface area contributed by atoms with Crippen molar-refractivity contribution in [2.24, 2.45) is 5.16 Å². The van der Waals surface area contributed by atoms with Crippen LogP contribution in [0.5, 0.6) is 0 Å². The highest BCUT2D eigenvalue weighted by molar-refractivity contribution is 7.99. The molecule has 0 unspecified atom stereocenters. The summed E-state index contributed by atoms with van der Waals surface area (Å²) in [7, 11) is 0. The minimum Gasteiger partial charge on any atom is -0.460 e. The molecule has 7 nitrogen and oxygen atoms in total. The number of esters is 1. The fourth-order valence-electron chi connectivity index (χ4n) is 2.10. The predicted octanol–water partition coefficient (Wildman–Crippen LogP) is 3.65. The lowest BCUT2D eigenvalue weighted by Gasteiger charge is -2.06. The maximum atomic E-state index is 12.2. The third kappa shape index (κ3) is 7.23. The quantitative estimate of drug-likeness (QED) is 0.213. The molecule has 2 aromatic rings. The van der Waals surface area contributed by atoms with E-state index in [9.17, 15) is 27.6 Å². The number of aliphatic hydroxyl groups is 1. The summed E-state index contributed by atoms with van der Waals surface area (Å²) in [5.74, 6) is -3.76. The number of aliphatic hydroxyl groups excluding tert-OH is 1. The van der Waals surface area contributed by atoms with Crippen LogP contribution in [0.2, 0.25) is 0 Å². The average molecular weight is 455 g/mol. The molecule has 0 aliphatic carbocycles. The van der Waals surface area contributed by atoms with Gasteiger partial charge in [0, 0.05) is 15.4 Å². The van der Waals surface area contributed by atoms with Crippen LogP contribution in [0.25, 0.3) is 0 Å². The van der Waals surface area contributed by atoms with E-state index < -0.39 is 29.6 Å². The molecule has 0 spiro atoms. The number of halogens is 3. The number of carbonyl (C=O) groups is 3. The number of Topliss-reactive ketones (excluding diaryl/α,β-unsaturated/α-hetero) is 1. The van der Waals surface area contributed by atoms with E-state index in [-0.39, 0.29) is 18.8 Å². The molecule has 164 valence electrons. The van der Waals surface area contributed by atoms with E-state index in [4.69, 9.17) is 9.84 Å². The molecular formula is C20H16F3NO6S. The second-order valence-electron chi connectivity index (χ2n) is 5.89. The molecular weight excluding hydrogens is 439 g/mol. The van der Waals surface area contributed by atoms with Gasteiger partial charge in [0.1, 0.15) is 12.3 Å². The third-order valence-electron chi connectivity index (χ3n) is 3.59. The highest BCUT2D eigenvalue weighted by Gasteiger charge is 2.41. The van der Waals surface area contributed by atoms with E-state index in [1.807, 2.05) is 0 Å². The van der Waals surface area contributed by atoms with E-state index >= 15 is 0 Å². The zero-order valence-electron chi connectivity index (χ0n) is 16.0. The zero-order chi connectivity index (χ0) is 23.0. The van der Waals surface area contributed by atoms with Crippen molar-refractivity contribution >= 4 is 35.2 Å². The van der Waals surface area contributed by atoms with Gasteiger partial charge in [0.05, 0.1) is 12.2 Å². The zero-order valence-corrected chi connectivity index (χ0v) is 16.8. The van der Waals surface area contributed by atoms with Crippen LogP contribution in [0.4, 0.5) is 13.2 Å². The number of alkyl halides is 3. The van der Waals surface area contributed by atoms with Gasteiger partial charge in [-0.2, -0.15) is 13.2 Å². The number of ether oxygens (including phenoxy) is 1. The first-order valence-corrected chi connectivity index (χ1v) is 9.47. The summed E-state index contributed by atoms with van der Waals surface area (Å²) in [6.45, 7) is 0.777. The maximum absolute atomic E-state index is 12.2. The minimum atomic E-state index is -5.20. The summed E-state index contributed by atoms with van der Waals surface area (Å²) < 4.78 is 41.1. The number of hydrogen-bond donors (Lipinski definition) is 1. The molecule has 2 aromatic carbocycles. The molecule has 31 heavy (non-hydrogen) atoms. The fraction of sp³-hybridized carbons (Fsp3) is 0.200.